The second-order valence-electron chi connectivity index (χ2n) is 5.94. The molecule has 4 rings (SSSR count). The van der Waals surface area contributed by atoms with Crippen molar-refractivity contribution in [1.29, 1.82) is 0 Å². The number of methoxy groups -OCH3 is 2. The molecule has 0 fully saturated rings. The zero-order chi connectivity index (χ0) is 19.3. The Labute approximate surface area is 153 Å². The molecule has 0 spiro atoms. The van der Waals surface area contributed by atoms with E-state index in [4.69, 9.17) is 15.2 Å². The average Bonchev–Trinajstić information content (AvgIpc) is 2.96. The molecule has 0 saturated carbocycles. The molecule has 3 N–H and O–H groups in total. The third-order valence-corrected chi connectivity index (χ3v) is 4.57. The summed E-state index contributed by atoms with van der Waals surface area (Å²) in [6.07, 6.45) is 0. The van der Waals surface area contributed by atoms with E-state index in [0.29, 0.717) is 33.5 Å². The number of hydrogen-bond donors (Lipinski definition) is 2. The molecule has 2 amide bonds. The minimum atomic E-state index is -0.933. The van der Waals surface area contributed by atoms with Gasteiger partial charge in [-0.25, -0.2) is 14.9 Å². The van der Waals surface area contributed by atoms with Gasteiger partial charge in [0.15, 0.2) is 17.3 Å². The van der Waals surface area contributed by atoms with Gasteiger partial charge in [0.25, 0.3) is 5.56 Å². The summed E-state index contributed by atoms with van der Waals surface area (Å²) in [5, 5.41) is 0.530. The molecule has 1 aliphatic rings. The molecule has 0 atom stereocenters. The minimum absolute atomic E-state index is 0.116. The number of nitrogens with zero attached hydrogens (tertiary/aromatic N) is 1. The van der Waals surface area contributed by atoms with Gasteiger partial charge in [-0.2, -0.15) is 0 Å². The number of fused-ring (bicyclic) bond motifs is 5. The monoisotopic (exact) mass is 365 g/mol. The molecule has 1 aliphatic carbocycles. The summed E-state index contributed by atoms with van der Waals surface area (Å²) in [5.41, 5.74) is 8.56. The third kappa shape index (κ3) is 2.20. The van der Waals surface area contributed by atoms with Crippen molar-refractivity contribution in [3.8, 4) is 22.8 Å². The highest BCUT2D eigenvalue weighted by Crippen LogP contribution is 2.42. The lowest BCUT2D eigenvalue weighted by Gasteiger charge is -2.17. The SMILES string of the molecule is COc1ccc2c3c(n(NC(N)=O)c(=O)c2c1OC)-c1ccccc1C3=O. The average molecular weight is 365 g/mol. The predicted molar refractivity (Wildman–Crippen MR) is 99.1 cm³/mol. The summed E-state index contributed by atoms with van der Waals surface area (Å²) in [6, 6.07) is 9.20. The maximum absolute atomic E-state index is 13.2. The first-order valence-corrected chi connectivity index (χ1v) is 8.03. The highest BCUT2D eigenvalue weighted by Gasteiger charge is 2.34. The summed E-state index contributed by atoms with van der Waals surface area (Å²) < 4.78 is 11.6. The number of ether oxygens (including phenoxy) is 2. The van der Waals surface area contributed by atoms with Crippen LogP contribution in [-0.4, -0.2) is 30.7 Å². The van der Waals surface area contributed by atoms with Crippen LogP contribution < -0.4 is 26.2 Å². The number of nitrogens with one attached hydrogen (secondary N) is 1. The Morgan fingerprint density at radius 2 is 1.74 bits per heavy atom. The van der Waals surface area contributed by atoms with Gasteiger partial charge in [-0.3, -0.25) is 9.59 Å². The van der Waals surface area contributed by atoms with Crippen LogP contribution in [0.3, 0.4) is 0 Å². The molecular weight excluding hydrogens is 350 g/mol. The number of pyridine rings is 1. The molecule has 8 nitrogen and oxygen atoms in total. The maximum atomic E-state index is 13.2. The van der Waals surface area contributed by atoms with Crippen LogP contribution >= 0.6 is 0 Å². The van der Waals surface area contributed by atoms with Gasteiger partial charge in [-0.05, 0) is 12.1 Å². The zero-order valence-electron chi connectivity index (χ0n) is 14.5. The molecular formula is C19H15N3O5. The van der Waals surface area contributed by atoms with Gasteiger partial charge in [0, 0.05) is 16.5 Å². The van der Waals surface area contributed by atoms with Crippen molar-refractivity contribution in [2.24, 2.45) is 5.73 Å². The number of benzene rings is 2. The van der Waals surface area contributed by atoms with Gasteiger partial charge >= 0.3 is 6.03 Å². The first kappa shape index (κ1) is 16.6. The van der Waals surface area contributed by atoms with E-state index >= 15 is 0 Å². The summed E-state index contributed by atoms with van der Waals surface area (Å²) in [4.78, 5) is 37.8. The number of urea groups is 1. The van der Waals surface area contributed by atoms with Crippen LogP contribution in [0.4, 0.5) is 4.79 Å². The Balaban J connectivity index is 2.24. The second kappa shape index (κ2) is 5.87. The highest BCUT2D eigenvalue weighted by atomic mass is 16.5. The van der Waals surface area contributed by atoms with Crippen molar-refractivity contribution in [2.75, 3.05) is 19.6 Å². The molecule has 0 aliphatic heterocycles. The van der Waals surface area contributed by atoms with Crippen LogP contribution in [0.1, 0.15) is 15.9 Å². The second-order valence-corrected chi connectivity index (χ2v) is 5.94. The fourth-order valence-corrected chi connectivity index (χ4v) is 3.52. The molecule has 136 valence electrons. The quantitative estimate of drug-likeness (QED) is 0.575. The van der Waals surface area contributed by atoms with Gasteiger partial charge in [0.1, 0.15) is 0 Å². The number of carbonyl (C=O) groups excluding carboxylic acids is 2. The third-order valence-electron chi connectivity index (χ3n) is 4.57. The Morgan fingerprint density at radius 3 is 2.37 bits per heavy atom. The van der Waals surface area contributed by atoms with Crippen LogP contribution in [0.2, 0.25) is 0 Å². The first-order valence-electron chi connectivity index (χ1n) is 8.03. The molecule has 27 heavy (non-hydrogen) atoms. The summed E-state index contributed by atoms with van der Waals surface area (Å²) in [7, 11) is 2.84. The van der Waals surface area contributed by atoms with E-state index in [1.54, 1.807) is 36.4 Å². The molecule has 1 aromatic heterocycles. The summed E-state index contributed by atoms with van der Waals surface area (Å²) in [5.74, 6) is 0.250. The number of amides is 2. The molecule has 1 heterocycles. The number of carbonyl (C=O) groups is 2. The Kier molecular flexibility index (Phi) is 3.62. The van der Waals surface area contributed by atoms with E-state index in [2.05, 4.69) is 5.43 Å². The maximum Gasteiger partial charge on any atom is 0.331 e. The van der Waals surface area contributed by atoms with Crippen LogP contribution in [-0.2, 0) is 0 Å². The van der Waals surface area contributed by atoms with Crippen molar-refractivity contribution in [2.45, 2.75) is 0 Å². The first-order chi connectivity index (χ1) is 13.0. The van der Waals surface area contributed by atoms with E-state index in [1.165, 1.54) is 14.2 Å². The predicted octanol–water partition coefficient (Wildman–Crippen LogP) is 1.85. The van der Waals surface area contributed by atoms with E-state index < -0.39 is 11.6 Å². The van der Waals surface area contributed by atoms with E-state index in [1.807, 2.05) is 0 Å². The normalized spacial score (nSPS) is 11.9. The molecule has 0 saturated heterocycles. The molecule has 0 unspecified atom stereocenters. The van der Waals surface area contributed by atoms with Crippen LogP contribution in [0, 0.1) is 0 Å². The molecule has 8 heteroatoms. The number of nitrogens with two attached hydrogens (primary N) is 1. The Morgan fingerprint density at radius 1 is 1.04 bits per heavy atom. The van der Waals surface area contributed by atoms with Crippen LogP contribution in [0.5, 0.6) is 11.5 Å². The van der Waals surface area contributed by atoms with Crippen molar-refractivity contribution in [3.63, 3.8) is 0 Å². The van der Waals surface area contributed by atoms with E-state index in [9.17, 15) is 14.4 Å². The number of aromatic nitrogens is 1. The van der Waals surface area contributed by atoms with Crippen LogP contribution in [0.25, 0.3) is 22.0 Å². The number of primary amides is 1. The van der Waals surface area contributed by atoms with Crippen molar-refractivity contribution in [1.82, 2.24) is 4.68 Å². The topological polar surface area (TPSA) is 113 Å². The fraction of sp³-hybridized carbons (Fsp3) is 0.105. The molecule has 3 aromatic rings. The molecule has 2 aromatic carbocycles. The lowest BCUT2D eigenvalue weighted by atomic mass is 10.0. The van der Waals surface area contributed by atoms with Crippen molar-refractivity contribution < 1.29 is 19.1 Å². The van der Waals surface area contributed by atoms with E-state index in [0.717, 1.165) is 4.68 Å². The largest absolute Gasteiger partial charge is 0.493 e. The van der Waals surface area contributed by atoms with Crippen molar-refractivity contribution >= 4 is 22.6 Å². The summed E-state index contributed by atoms with van der Waals surface area (Å²) >= 11 is 0. The molecule has 0 bridgehead atoms. The number of rotatable bonds is 3. The highest BCUT2D eigenvalue weighted by molar-refractivity contribution is 6.27. The minimum Gasteiger partial charge on any atom is -0.493 e. The van der Waals surface area contributed by atoms with Crippen molar-refractivity contribution in [3.05, 3.63) is 57.9 Å². The zero-order valence-corrected chi connectivity index (χ0v) is 14.5. The van der Waals surface area contributed by atoms with Gasteiger partial charge in [-0.15, -0.1) is 0 Å². The Bertz CT molecular complexity index is 1200. The number of ketones is 1. The molecule has 0 radical (unpaired) electrons. The lowest BCUT2D eigenvalue weighted by molar-refractivity contribution is 0.104. The lowest BCUT2D eigenvalue weighted by Crippen LogP contribution is -2.37. The fourth-order valence-electron chi connectivity index (χ4n) is 3.52. The van der Waals surface area contributed by atoms with Gasteiger partial charge in [0.2, 0.25) is 0 Å². The van der Waals surface area contributed by atoms with E-state index in [-0.39, 0.29) is 16.9 Å². The smallest absolute Gasteiger partial charge is 0.331 e. The van der Waals surface area contributed by atoms with Crippen LogP contribution in [0.15, 0.2) is 41.2 Å². The Hall–Kier alpha value is -3.81. The van der Waals surface area contributed by atoms with Gasteiger partial charge in [0.05, 0.1) is 30.9 Å². The summed E-state index contributed by atoms with van der Waals surface area (Å²) in [6.45, 7) is 0. The van der Waals surface area contributed by atoms with Gasteiger partial charge in [-0.1, -0.05) is 24.3 Å². The van der Waals surface area contributed by atoms with Gasteiger partial charge < -0.3 is 15.2 Å². The standard InChI is InChI=1S/C19H15N3O5/c1-26-12-8-7-11-13-15(9-5-3-4-6-10(9)16(13)23)22(21-19(20)25)18(24)14(11)17(12)27-2/h3-8H,1-2H3,(H3,20,21,25). The number of hydrogen-bond acceptors (Lipinski definition) is 5.